The van der Waals surface area contributed by atoms with Crippen molar-refractivity contribution >= 4 is 32.7 Å². The van der Waals surface area contributed by atoms with E-state index in [4.69, 9.17) is 32.2 Å². The summed E-state index contributed by atoms with van der Waals surface area (Å²) in [5.74, 6) is -0.312. The third-order valence-corrected chi connectivity index (χ3v) is 7.52. The van der Waals surface area contributed by atoms with E-state index in [9.17, 15) is 4.11 Å². The molecule has 0 saturated carbocycles. The monoisotopic (exact) mass is 617 g/mol. The first kappa shape index (κ1) is 15.3. The minimum absolute atomic E-state index is 0.0505. The van der Waals surface area contributed by atoms with Crippen LogP contribution in [0.2, 0.25) is 0 Å². The van der Waals surface area contributed by atoms with Gasteiger partial charge in [-0.3, -0.25) is 0 Å². The zero-order chi connectivity index (χ0) is 45.1. The summed E-state index contributed by atoms with van der Waals surface area (Å²) >= 11 is 0. The van der Waals surface area contributed by atoms with Crippen molar-refractivity contribution in [2.45, 2.75) is 0 Å². The molecule has 220 valence electrons. The van der Waals surface area contributed by atoms with Gasteiger partial charge in [0.2, 0.25) is 0 Å². The first-order valence-electron chi connectivity index (χ1n) is 22.4. The highest BCUT2D eigenvalue weighted by molar-refractivity contribution is 6.13. The molecule has 0 fully saturated rings. The van der Waals surface area contributed by atoms with Crippen LogP contribution in [0, 0.1) is 0 Å². The number of furan rings is 1. The highest BCUT2D eigenvalue weighted by atomic mass is 16.3. The van der Waals surface area contributed by atoms with Crippen LogP contribution in [-0.4, -0.2) is 15.0 Å². The number of hydrogen-bond donors (Lipinski definition) is 0. The van der Waals surface area contributed by atoms with Gasteiger partial charge in [-0.2, -0.15) is 0 Å². The Labute approximate surface area is 294 Å². The van der Waals surface area contributed by atoms with E-state index in [0.717, 1.165) is 0 Å². The van der Waals surface area contributed by atoms with Crippen LogP contribution in [0.25, 0.3) is 89.1 Å². The molecule has 47 heavy (non-hydrogen) atoms. The zero-order valence-corrected chi connectivity index (χ0v) is 24.1. The second-order valence-corrected chi connectivity index (χ2v) is 10.4. The van der Waals surface area contributed by atoms with Crippen LogP contribution in [0.15, 0.2) is 168 Å². The largest absolute Gasteiger partial charge is 0.456 e. The fraction of sp³-hybridized carbons (Fsp3) is 0. The molecule has 2 aromatic heterocycles. The van der Waals surface area contributed by atoms with Crippen LogP contribution in [-0.2, 0) is 0 Å². The topological polar surface area (TPSA) is 51.8 Å². The van der Waals surface area contributed by atoms with Crippen molar-refractivity contribution in [3.63, 3.8) is 0 Å². The highest BCUT2D eigenvalue weighted by Crippen LogP contribution is 2.40. The van der Waals surface area contributed by atoms with Gasteiger partial charge < -0.3 is 4.42 Å². The van der Waals surface area contributed by atoms with Gasteiger partial charge in [-0.15, -0.1) is 0 Å². The minimum atomic E-state index is -0.708. The second kappa shape index (κ2) is 11.2. The number of hydrogen-bond acceptors (Lipinski definition) is 4. The van der Waals surface area contributed by atoms with Gasteiger partial charge in [0.1, 0.15) is 11.2 Å². The maximum absolute atomic E-state index is 9.26. The zero-order valence-electron chi connectivity index (χ0n) is 40.1. The molecule has 0 atom stereocenters. The molecule has 2 heterocycles. The second-order valence-electron chi connectivity index (χ2n) is 10.4. The van der Waals surface area contributed by atoms with Gasteiger partial charge in [-0.05, 0) is 57.3 Å². The third-order valence-electron chi connectivity index (χ3n) is 7.52. The number of fused-ring (bicyclic) bond motifs is 4. The molecular formula is C43H27N3O. The number of nitrogens with zero attached hydrogens (tertiary/aromatic N) is 3. The smallest absolute Gasteiger partial charge is 0.164 e. The molecule has 0 N–H and O–H groups in total. The molecule has 0 amide bonds. The molecule has 0 aliphatic rings. The van der Waals surface area contributed by atoms with Crippen LogP contribution >= 0.6 is 0 Å². The summed E-state index contributed by atoms with van der Waals surface area (Å²) in [6.07, 6.45) is 0. The van der Waals surface area contributed by atoms with E-state index in [1.54, 1.807) is 54.6 Å². The molecule has 0 spiro atoms. The van der Waals surface area contributed by atoms with Gasteiger partial charge in [0.25, 0.3) is 0 Å². The van der Waals surface area contributed by atoms with Crippen LogP contribution in [0.1, 0.15) is 21.9 Å². The van der Waals surface area contributed by atoms with E-state index in [1.165, 1.54) is 12.1 Å². The average Bonchev–Trinajstić information content (AvgIpc) is 3.66. The molecule has 9 aromatic rings. The lowest BCUT2D eigenvalue weighted by Crippen LogP contribution is -2.00. The molecular weight excluding hydrogens is 574 g/mol. The van der Waals surface area contributed by atoms with Crippen LogP contribution in [0.3, 0.4) is 0 Å². The Hall–Kier alpha value is -6.39. The van der Waals surface area contributed by atoms with Crippen molar-refractivity contribution in [2.75, 3.05) is 0 Å². The SMILES string of the molecule is [2H]c1c([2H])c([2H])c(-c2c([2H])c([2H])c(-c3cc(-c4nc(-c5ccccc5)nc(-c5c([2H])c([2H])c6c([2H])c([2H])c([2H])c([2H])c6c5[2H])n4)c4c(c3)oc3ccccc34)c([2H])c2[2H])c([2H])c1[2H]. The first-order valence-corrected chi connectivity index (χ1v) is 14.4. The summed E-state index contributed by atoms with van der Waals surface area (Å²) in [7, 11) is 0. The Bertz CT molecular complexity index is 3430. The lowest BCUT2D eigenvalue weighted by molar-refractivity contribution is 0.669. The molecule has 0 unspecified atom stereocenters. The molecule has 4 nitrogen and oxygen atoms in total. The number of aromatic nitrogens is 3. The summed E-state index contributed by atoms with van der Waals surface area (Å²) in [6.45, 7) is 0. The summed E-state index contributed by atoms with van der Waals surface area (Å²) in [6, 6.07) is 8.57. The minimum Gasteiger partial charge on any atom is -0.456 e. The van der Waals surface area contributed by atoms with Crippen molar-refractivity contribution in [1.82, 2.24) is 15.0 Å². The predicted molar refractivity (Wildman–Crippen MR) is 192 cm³/mol. The lowest BCUT2D eigenvalue weighted by Gasteiger charge is -2.12. The Morgan fingerprint density at radius 1 is 0.447 bits per heavy atom. The summed E-state index contributed by atoms with van der Waals surface area (Å²) < 4.78 is 145. The van der Waals surface area contributed by atoms with Crippen LogP contribution < -0.4 is 0 Å². The van der Waals surface area contributed by atoms with E-state index in [0.29, 0.717) is 21.9 Å². The standard InChI is InChI=1S/C43H27N3O/c1-3-11-28(12-4-1)30-19-21-31(22-20-30)35-26-37(40-36-17-9-10-18-38(36)47-39(40)27-35)43-45-41(32-14-5-2-6-15-32)44-42(46-43)34-24-23-29-13-7-8-16-33(29)25-34/h1-27H/i1D,3D,4D,7D,8D,11D,12D,13D,16D,19D,20D,21D,22D,23D,24D,25D. The Balaban J connectivity index is 1.37. The Kier molecular flexibility index (Phi) is 3.64. The molecule has 0 saturated heterocycles. The molecule has 0 aliphatic heterocycles. The fourth-order valence-electron chi connectivity index (χ4n) is 5.35. The summed E-state index contributed by atoms with van der Waals surface area (Å²) in [5, 5.41) is 0.420. The van der Waals surface area contributed by atoms with Gasteiger partial charge in [0.15, 0.2) is 17.5 Å². The maximum Gasteiger partial charge on any atom is 0.164 e. The van der Waals surface area contributed by atoms with Crippen molar-refractivity contribution in [3.8, 4) is 56.4 Å². The summed E-state index contributed by atoms with van der Waals surface area (Å²) in [4.78, 5) is 14.3. The first-order chi connectivity index (χ1) is 29.9. The van der Waals surface area contributed by atoms with E-state index >= 15 is 0 Å². The Morgan fingerprint density at radius 2 is 1.06 bits per heavy atom. The number of benzene rings is 7. The number of para-hydroxylation sites is 1. The van der Waals surface area contributed by atoms with E-state index in [1.807, 2.05) is 0 Å². The Morgan fingerprint density at radius 3 is 1.87 bits per heavy atom. The van der Waals surface area contributed by atoms with Gasteiger partial charge >= 0.3 is 0 Å². The quantitative estimate of drug-likeness (QED) is 0.193. The van der Waals surface area contributed by atoms with E-state index in [-0.39, 0.29) is 56.1 Å². The van der Waals surface area contributed by atoms with Gasteiger partial charge in [0.05, 0.1) is 21.9 Å². The van der Waals surface area contributed by atoms with E-state index < -0.39 is 108 Å². The third kappa shape index (κ3) is 4.93. The lowest BCUT2D eigenvalue weighted by atomic mass is 9.96. The van der Waals surface area contributed by atoms with Crippen molar-refractivity contribution in [1.29, 1.82) is 0 Å². The molecule has 4 heteroatoms. The molecule has 7 aromatic carbocycles. The van der Waals surface area contributed by atoms with Crippen molar-refractivity contribution in [3.05, 3.63) is 163 Å². The predicted octanol–water partition coefficient (Wildman–Crippen LogP) is 11.3. The van der Waals surface area contributed by atoms with Crippen LogP contribution in [0.5, 0.6) is 0 Å². The molecule has 0 radical (unpaired) electrons. The fourth-order valence-corrected chi connectivity index (χ4v) is 5.35. The normalized spacial score (nSPS) is 16.2. The van der Waals surface area contributed by atoms with Crippen molar-refractivity contribution < 1.29 is 26.3 Å². The van der Waals surface area contributed by atoms with Crippen LogP contribution in [0.4, 0.5) is 0 Å². The van der Waals surface area contributed by atoms with Gasteiger partial charge in [-0.1, -0.05) is 139 Å². The molecule has 0 aliphatic carbocycles. The van der Waals surface area contributed by atoms with Gasteiger partial charge in [-0.25, -0.2) is 15.0 Å². The summed E-state index contributed by atoms with van der Waals surface area (Å²) in [5.41, 5.74) is -0.129. The average molecular weight is 618 g/mol. The maximum atomic E-state index is 9.26. The van der Waals surface area contributed by atoms with Gasteiger partial charge in [0, 0.05) is 27.5 Å². The number of rotatable bonds is 5. The van der Waals surface area contributed by atoms with Crippen molar-refractivity contribution in [2.24, 2.45) is 0 Å². The molecule has 0 bridgehead atoms. The van der Waals surface area contributed by atoms with E-state index in [2.05, 4.69) is 4.98 Å². The highest BCUT2D eigenvalue weighted by Gasteiger charge is 2.20. The molecule has 9 rings (SSSR count).